The van der Waals surface area contributed by atoms with Gasteiger partial charge in [-0.3, -0.25) is 9.59 Å². The van der Waals surface area contributed by atoms with E-state index in [9.17, 15) is 14.4 Å². The van der Waals surface area contributed by atoms with Gasteiger partial charge in [0.25, 0.3) is 5.91 Å². The highest BCUT2D eigenvalue weighted by atomic mass is 16.5. The monoisotopic (exact) mass is 439 g/mol. The lowest BCUT2D eigenvalue weighted by atomic mass is 10.1. The number of anilines is 1. The van der Waals surface area contributed by atoms with Gasteiger partial charge in [-0.2, -0.15) is 5.10 Å². The summed E-state index contributed by atoms with van der Waals surface area (Å²) in [7, 11) is 3.07. The summed E-state index contributed by atoms with van der Waals surface area (Å²) in [5.74, 6) is -0.270. The molecular formula is C23H25N3O6. The van der Waals surface area contributed by atoms with Crippen LogP contribution < -0.4 is 19.8 Å². The summed E-state index contributed by atoms with van der Waals surface area (Å²) in [6, 6.07) is 14.1. The minimum absolute atomic E-state index is 0.0907. The van der Waals surface area contributed by atoms with Crippen LogP contribution in [0.5, 0.6) is 11.5 Å². The normalized spacial score (nSPS) is 14.3. The van der Waals surface area contributed by atoms with Crippen LogP contribution in [0.2, 0.25) is 0 Å². The Labute approximate surface area is 185 Å². The summed E-state index contributed by atoms with van der Waals surface area (Å²) in [5, 5.41) is 8.05. The number of nitrogens with one attached hydrogen (secondary N) is 1. The molecule has 2 aromatic carbocycles. The topological polar surface area (TPSA) is 107 Å². The van der Waals surface area contributed by atoms with Gasteiger partial charge in [0.1, 0.15) is 5.71 Å². The number of carbonyl (C=O) groups excluding carboxylic acids is 3. The number of carbonyl (C=O) groups is 3. The van der Waals surface area contributed by atoms with Crippen molar-refractivity contribution in [3.63, 3.8) is 0 Å². The van der Waals surface area contributed by atoms with E-state index < -0.39 is 18.0 Å². The molecule has 2 amide bonds. The van der Waals surface area contributed by atoms with Gasteiger partial charge in [-0.15, -0.1) is 0 Å². The molecule has 0 spiro atoms. The van der Waals surface area contributed by atoms with Crippen molar-refractivity contribution in [3.05, 3.63) is 54.1 Å². The van der Waals surface area contributed by atoms with E-state index in [4.69, 9.17) is 14.2 Å². The van der Waals surface area contributed by atoms with Gasteiger partial charge in [0.15, 0.2) is 17.6 Å². The van der Waals surface area contributed by atoms with E-state index in [-0.39, 0.29) is 31.0 Å². The van der Waals surface area contributed by atoms with Gasteiger partial charge in [0, 0.05) is 19.4 Å². The number of ether oxygens (including phenoxy) is 3. The van der Waals surface area contributed by atoms with E-state index in [1.165, 1.54) is 19.0 Å². The maximum Gasteiger partial charge on any atom is 0.355 e. The number of amides is 2. The number of benzene rings is 2. The first-order valence-corrected chi connectivity index (χ1v) is 10.1. The number of hydrazone groups is 1. The first kappa shape index (κ1) is 22.8. The van der Waals surface area contributed by atoms with E-state index in [0.29, 0.717) is 17.2 Å². The molecule has 0 saturated heterocycles. The highest BCUT2D eigenvalue weighted by molar-refractivity contribution is 6.38. The number of rotatable bonds is 8. The van der Waals surface area contributed by atoms with Crippen molar-refractivity contribution >= 4 is 29.2 Å². The molecule has 0 fully saturated rings. The van der Waals surface area contributed by atoms with Gasteiger partial charge in [-0.05, 0) is 36.8 Å². The van der Waals surface area contributed by atoms with Crippen LogP contribution in [0.15, 0.2) is 53.6 Å². The van der Waals surface area contributed by atoms with Crippen molar-refractivity contribution in [2.24, 2.45) is 5.10 Å². The van der Waals surface area contributed by atoms with Gasteiger partial charge in [0.2, 0.25) is 5.91 Å². The number of methoxy groups -OCH3 is 2. The Morgan fingerprint density at radius 2 is 1.78 bits per heavy atom. The molecular weight excluding hydrogens is 414 g/mol. The third kappa shape index (κ3) is 5.42. The van der Waals surface area contributed by atoms with Crippen LogP contribution in [0.1, 0.15) is 25.3 Å². The smallest absolute Gasteiger partial charge is 0.355 e. The number of para-hydroxylation sites is 1. The molecule has 168 valence electrons. The summed E-state index contributed by atoms with van der Waals surface area (Å²) < 4.78 is 15.7. The average molecular weight is 439 g/mol. The molecule has 2 aromatic rings. The standard InChI is InChI=1S/C23H25N3O6/c1-15(22(28)24-14-16-9-11-19(30-2)20(13-16)31-3)32-23(29)18-10-12-21(27)26(25-18)17-7-5-4-6-8-17/h4-9,11,13,15H,10,12,14H2,1-3H3,(H,24,28). The Morgan fingerprint density at radius 1 is 1.06 bits per heavy atom. The van der Waals surface area contributed by atoms with E-state index in [1.54, 1.807) is 49.6 Å². The Kier molecular flexibility index (Phi) is 7.43. The second-order valence-corrected chi connectivity index (χ2v) is 7.04. The van der Waals surface area contributed by atoms with Crippen molar-refractivity contribution in [2.45, 2.75) is 32.4 Å². The first-order chi connectivity index (χ1) is 15.4. The van der Waals surface area contributed by atoms with Crippen LogP contribution in [0.25, 0.3) is 0 Å². The van der Waals surface area contributed by atoms with Gasteiger partial charge < -0.3 is 19.5 Å². The fourth-order valence-corrected chi connectivity index (χ4v) is 3.08. The highest BCUT2D eigenvalue weighted by Crippen LogP contribution is 2.27. The van der Waals surface area contributed by atoms with Crippen LogP contribution in [0.4, 0.5) is 5.69 Å². The lowest BCUT2D eigenvalue weighted by Gasteiger charge is -2.23. The SMILES string of the molecule is COc1ccc(CNC(=O)C(C)OC(=O)C2=NN(c3ccccc3)C(=O)CC2)cc1OC. The van der Waals surface area contributed by atoms with Crippen molar-refractivity contribution in [3.8, 4) is 11.5 Å². The second kappa shape index (κ2) is 10.4. The Balaban J connectivity index is 1.59. The van der Waals surface area contributed by atoms with E-state index in [2.05, 4.69) is 10.4 Å². The van der Waals surface area contributed by atoms with Gasteiger partial charge >= 0.3 is 5.97 Å². The molecule has 3 rings (SSSR count). The largest absolute Gasteiger partial charge is 0.493 e. The zero-order valence-electron chi connectivity index (χ0n) is 18.2. The summed E-state index contributed by atoms with van der Waals surface area (Å²) in [6.07, 6.45) is -0.753. The van der Waals surface area contributed by atoms with E-state index >= 15 is 0 Å². The fraction of sp³-hybridized carbons (Fsp3) is 0.304. The Bertz CT molecular complexity index is 1020. The lowest BCUT2D eigenvalue weighted by Crippen LogP contribution is -2.39. The summed E-state index contributed by atoms with van der Waals surface area (Å²) >= 11 is 0. The van der Waals surface area contributed by atoms with Crippen LogP contribution in [-0.4, -0.2) is 43.8 Å². The molecule has 32 heavy (non-hydrogen) atoms. The molecule has 9 nitrogen and oxygen atoms in total. The zero-order valence-corrected chi connectivity index (χ0v) is 18.2. The first-order valence-electron chi connectivity index (χ1n) is 10.1. The maximum absolute atomic E-state index is 12.5. The molecule has 1 atom stereocenters. The van der Waals surface area contributed by atoms with Gasteiger partial charge in [-0.25, -0.2) is 9.80 Å². The molecule has 1 unspecified atom stereocenters. The molecule has 0 saturated carbocycles. The lowest BCUT2D eigenvalue weighted by molar-refractivity contribution is -0.148. The summed E-state index contributed by atoms with van der Waals surface area (Å²) in [6.45, 7) is 1.70. The van der Waals surface area contributed by atoms with Crippen LogP contribution in [0, 0.1) is 0 Å². The van der Waals surface area contributed by atoms with Crippen LogP contribution in [0.3, 0.4) is 0 Å². The fourth-order valence-electron chi connectivity index (χ4n) is 3.08. The van der Waals surface area contributed by atoms with Crippen molar-refractivity contribution in [1.82, 2.24) is 5.32 Å². The third-order valence-corrected chi connectivity index (χ3v) is 4.84. The second-order valence-electron chi connectivity index (χ2n) is 7.04. The van der Waals surface area contributed by atoms with Crippen molar-refractivity contribution in [1.29, 1.82) is 0 Å². The zero-order chi connectivity index (χ0) is 23.1. The molecule has 1 aliphatic heterocycles. The van der Waals surface area contributed by atoms with Crippen LogP contribution >= 0.6 is 0 Å². The maximum atomic E-state index is 12.5. The minimum Gasteiger partial charge on any atom is -0.493 e. The molecule has 0 radical (unpaired) electrons. The quantitative estimate of drug-likeness (QED) is 0.633. The molecule has 1 heterocycles. The number of nitrogens with zero attached hydrogens (tertiary/aromatic N) is 2. The van der Waals surface area contributed by atoms with Crippen LogP contribution in [-0.2, 0) is 25.7 Å². The minimum atomic E-state index is -1.03. The highest BCUT2D eigenvalue weighted by Gasteiger charge is 2.28. The van der Waals surface area contributed by atoms with Crippen molar-refractivity contribution in [2.75, 3.05) is 19.2 Å². The summed E-state index contributed by atoms with van der Waals surface area (Å²) in [5.41, 5.74) is 1.44. The van der Waals surface area contributed by atoms with E-state index in [0.717, 1.165) is 5.56 Å². The predicted octanol–water partition coefficient (Wildman–Crippen LogP) is 2.43. The molecule has 1 aliphatic rings. The Hall–Kier alpha value is -3.88. The summed E-state index contributed by atoms with van der Waals surface area (Å²) in [4.78, 5) is 37.1. The number of hydrogen-bond donors (Lipinski definition) is 1. The third-order valence-electron chi connectivity index (χ3n) is 4.84. The molecule has 0 aromatic heterocycles. The van der Waals surface area contributed by atoms with E-state index in [1.807, 2.05) is 6.07 Å². The van der Waals surface area contributed by atoms with Gasteiger partial charge in [0.05, 0.1) is 19.9 Å². The Morgan fingerprint density at radius 3 is 2.47 bits per heavy atom. The number of hydrogen-bond acceptors (Lipinski definition) is 7. The average Bonchev–Trinajstić information content (AvgIpc) is 2.82. The molecule has 1 N–H and O–H groups in total. The predicted molar refractivity (Wildman–Crippen MR) is 118 cm³/mol. The molecule has 0 bridgehead atoms. The van der Waals surface area contributed by atoms with Crippen molar-refractivity contribution < 1.29 is 28.6 Å². The molecule has 9 heteroatoms. The molecule has 0 aliphatic carbocycles. The van der Waals surface area contributed by atoms with Gasteiger partial charge in [-0.1, -0.05) is 24.3 Å². The number of esters is 1.